The number of hydrogen-bond donors (Lipinski definition) is 0. The van der Waals surface area contributed by atoms with Crippen LogP contribution in [0.4, 0.5) is 0 Å². The van der Waals surface area contributed by atoms with E-state index in [1.165, 1.54) is 24.5 Å². The normalized spacial score (nSPS) is 25.4. The maximum Gasteiger partial charge on any atom is 0.0631 e. The number of rotatable bonds is 2. The molecular weight excluding hydrogens is 142 g/mol. The fourth-order valence-corrected chi connectivity index (χ4v) is 1.71. The van der Waals surface area contributed by atoms with Crippen molar-refractivity contribution in [1.29, 1.82) is 0 Å². The van der Waals surface area contributed by atoms with E-state index < -0.39 is 0 Å². The first kappa shape index (κ1) is 7.99. The van der Waals surface area contributed by atoms with Crippen LogP contribution in [0.15, 0.2) is 11.6 Å². The Kier molecular flexibility index (Phi) is 2.66. The van der Waals surface area contributed by atoms with Crippen LogP contribution >= 0.6 is 11.8 Å². The second kappa shape index (κ2) is 3.33. The standard InChI is InChI=1S/C8H15NS/c1-7-4-5-9(6-7)8(2)10-3/h7H,2,4-6H2,1,3H3/t7-/m0/s1. The average molecular weight is 157 g/mol. The van der Waals surface area contributed by atoms with Crippen LogP contribution in [0.3, 0.4) is 0 Å². The molecule has 2 heteroatoms. The number of likely N-dealkylation sites (tertiary alicyclic amines) is 1. The molecule has 0 aromatic rings. The Morgan fingerprint density at radius 1 is 1.70 bits per heavy atom. The molecule has 0 saturated carbocycles. The number of hydrogen-bond acceptors (Lipinski definition) is 2. The Labute approximate surface area is 67.5 Å². The minimum atomic E-state index is 0.865. The molecule has 10 heavy (non-hydrogen) atoms. The van der Waals surface area contributed by atoms with Crippen LogP contribution in [0.5, 0.6) is 0 Å². The predicted octanol–water partition coefficient (Wildman–Crippen LogP) is 2.16. The van der Waals surface area contributed by atoms with Gasteiger partial charge in [-0.15, -0.1) is 11.8 Å². The van der Waals surface area contributed by atoms with Crippen molar-refractivity contribution in [2.75, 3.05) is 19.3 Å². The maximum absolute atomic E-state index is 3.98. The molecule has 1 aliphatic rings. The highest BCUT2D eigenvalue weighted by molar-refractivity contribution is 8.02. The van der Waals surface area contributed by atoms with E-state index in [2.05, 4.69) is 24.7 Å². The Bertz CT molecular complexity index is 133. The Morgan fingerprint density at radius 2 is 2.40 bits per heavy atom. The van der Waals surface area contributed by atoms with Crippen LogP contribution in [0.1, 0.15) is 13.3 Å². The molecule has 58 valence electrons. The van der Waals surface area contributed by atoms with Crippen molar-refractivity contribution in [3.8, 4) is 0 Å². The van der Waals surface area contributed by atoms with Crippen LogP contribution in [-0.2, 0) is 0 Å². The lowest BCUT2D eigenvalue weighted by atomic mass is 10.2. The molecule has 0 radical (unpaired) electrons. The van der Waals surface area contributed by atoms with E-state index in [0.717, 1.165) is 5.92 Å². The highest BCUT2D eigenvalue weighted by Crippen LogP contribution is 2.23. The van der Waals surface area contributed by atoms with Gasteiger partial charge in [0.2, 0.25) is 0 Å². The number of nitrogens with zero attached hydrogens (tertiary/aromatic N) is 1. The molecule has 0 bridgehead atoms. The quantitative estimate of drug-likeness (QED) is 0.604. The van der Waals surface area contributed by atoms with Gasteiger partial charge in [-0.25, -0.2) is 0 Å². The van der Waals surface area contributed by atoms with Gasteiger partial charge < -0.3 is 4.90 Å². The van der Waals surface area contributed by atoms with Crippen molar-refractivity contribution in [1.82, 2.24) is 4.90 Å². The highest BCUT2D eigenvalue weighted by atomic mass is 32.2. The van der Waals surface area contributed by atoms with Crippen molar-refractivity contribution in [3.63, 3.8) is 0 Å². The van der Waals surface area contributed by atoms with Gasteiger partial charge >= 0.3 is 0 Å². The van der Waals surface area contributed by atoms with Gasteiger partial charge in [0, 0.05) is 13.1 Å². The molecule has 1 fully saturated rings. The molecular formula is C8H15NS. The largest absolute Gasteiger partial charge is 0.367 e. The van der Waals surface area contributed by atoms with Crippen LogP contribution in [0.2, 0.25) is 0 Å². The molecule has 0 aliphatic carbocycles. The van der Waals surface area contributed by atoms with Crippen molar-refractivity contribution >= 4 is 11.8 Å². The smallest absolute Gasteiger partial charge is 0.0631 e. The molecule has 1 heterocycles. The Morgan fingerprint density at radius 3 is 2.80 bits per heavy atom. The third-order valence-corrected chi connectivity index (χ3v) is 2.74. The zero-order valence-electron chi connectivity index (χ0n) is 6.76. The summed E-state index contributed by atoms with van der Waals surface area (Å²) in [7, 11) is 0. The third kappa shape index (κ3) is 1.69. The first-order chi connectivity index (χ1) is 4.74. The summed E-state index contributed by atoms with van der Waals surface area (Å²) < 4.78 is 0. The van der Waals surface area contributed by atoms with E-state index in [0.29, 0.717) is 0 Å². The van der Waals surface area contributed by atoms with Gasteiger partial charge in [0.25, 0.3) is 0 Å². The van der Waals surface area contributed by atoms with E-state index in [4.69, 9.17) is 0 Å². The van der Waals surface area contributed by atoms with Crippen LogP contribution in [-0.4, -0.2) is 24.2 Å². The van der Waals surface area contributed by atoms with Gasteiger partial charge in [0.15, 0.2) is 0 Å². The van der Waals surface area contributed by atoms with Gasteiger partial charge in [-0.2, -0.15) is 0 Å². The lowest BCUT2D eigenvalue weighted by molar-refractivity contribution is 0.439. The van der Waals surface area contributed by atoms with Gasteiger partial charge in [-0.05, 0) is 18.6 Å². The predicted molar refractivity (Wildman–Crippen MR) is 48.0 cm³/mol. The maximum atomic E-state index is 3.98. The highest BCUT2D eigenvalue weighted by Gasteiger charge is 2.18. The van der Waals surface area contributed by atoms with Crippen molar-refractivity contribution in [2.45, 2.75) is 13.3 Å². The summed E-state index contributed by atoms with van der Waals surface area (Å²) in [4.78, 5) is 2.37. The fourth-order valence-electron chi connectivity index (χ4n) is 1.29. The lowest BCUT2D eigenvalue weighted by Gasteiger charge is -2.18. The molecule has 1 rings (SSSR count). The zero-order valence-corrected chi connectivity index (χ0v) is 7.58. The topological polar surface area (TPSA) is 3.24 Å². The summed E-state index contributed by atoms with van der Waals surface area (Å²) in [5, 5.41) is 1.23. The summed E-state index contributed by atoms with van der Waals surface area (Å²) in [5.74, 6) is 0.865. The Hall–Kier alpha value is -0.110. The SMILES string of the molecule is C=C(SC)N1CC[C@H](C)C1. The summed E-state index contributed by atoms with van der Waals surface area (Å²) >= 11 is 1.76. The molecule has 1 nitrogen and oxygen atoms in total. The van der Waals surface area contributed by atoms with Crippen LogP contribution < -0.4 is 0 Å². The van der Waals surface area contributed by atoms with E-state index in [9.17, 15) is 0 Å². The number of thioether (sulfide) groups is 1. The zero-order chi connectivity index (χ0) is 7.56. The van der Waals surface area contributed by atoms with Gasteiger partial charge in [-0.3, -0.25) is 0 Å². The molecule has 1 saturated heterocycles. The van der Waals surface area contributed by atoms with Crippen LogP contribution in [0.25, 0.3) is 0 Å². The molecule has 0 aromatic carbocycles. The van der Waals surface area contributed by atoms with E-state index in [-0.39, 0.29) is 0 Å². The second-order valence-corrected chi connectivity index (χ2v) is 3.82. The van der Waals surface area contributed by atoms with E-state index in [1.54, 1.807) is 11.8 Å². The third-order valence-electron chi connectivity index (χ3n) is 2.01. The molecule has 0 spiro atoms. The summed E-state index contributed by atoms with van der Waals surface area (Å²) in [6.45, 7) is 8.69. The monoisotopic (exact) mass is 157 g/mol. The van der Waals surface area contributed by atoms with E-state index >= 15 is 0 Å². The first-order valence-electron chi connectivity index (χ1n) is 3.72. The molecule has 1 aliphatic heterocycles. The van der Waals surface area contributed by atoms with Gasteiger partial charge in [0.05, 0.1) is 5.03 Å². The molecule has 1 atom stereocenters. The molecule has 0 aromatic heterocycles. The second-order valence-electron chi connectivity index (χ2n) is 2.94. The Balaban J connectivity index is 2.37. The van der Waals surface area contributed by atoms with Crippen molar-refractivity contribution in [2.24, 2.45) is 5.92 Å². The van der Waals surface area contributed by atoms with Crippen molar-refractivity contribution in [3.05, 3.63) is 11.6 Å². The summed E-state index contributed by atoms with van der Waals surface area (Å²) in [6.07, 6.45) is 3.42. The average Bonchev–Trinajstić information content (AvgIpc) is 2.34. The lowest BCUT2D eigenvalue weighted by Crippen LogP contribution is -2.16. The first-order valence-corrected chi connectivity index (χ1v) is 4.94. The minimum absolute atomic E-state index is 0.865. The fraction of sp³-hybridized carbons (Fsp3) is 0.750. The molecule has 0 amide bonds. The van der Waals surface area contributed by atoms with Gasteiger partial charge in [-0.1, -0.05) is 13.5 Å². The molecule has 0 N–H and O–H groups in total. The molecule has 0 unspecified atom stereocenters. The van der Waals surface area contributed by atoms with Crippen molar-refractivity contribution < 1.29 is 0 Å². The van der Waals surface area contributed by atoms with Crippen LogP contribution in [0, 0.1) is 5.92 Å². The summed E-state index contributed by atoms with van der Waals surface area (Å²) in [6, 6.07) is 0. The van der Waals surface area contributed by atoms with Gasteiger partial charge in [0.1, 0.15) is 0 Å². The van der Waals surface area contributed by atoms with E-state index in [1.807, 2.05) is 0 Å². The summed E-state index contributed by atoms with van der Waals surface area (Å²) in [5.41, 5.74) is 0. The minimum Gasteiger partial charge on any atom is -0.367 e.